The van der Waals surface area contributed by atoms with Gasteiger partial charge in [-0.2, -0.15) is 18.0 Å². The zero-order chi connectivity index (χ0) is 16.8. The van der Waals surface area contributed by atoms with Gasteiger partial charge in [0.05, 0.1) is 18.5 Å². The molecule has 122 valence electrons. The van der Waals surface area contributed by atoms with E-state index in [0.717, 1.165) is 5.01 Å². The number of anilines is 1. The van der Waals surface area contributed by atoms with Crippen LogP contribution in [-0.4, -0.2) is 30.1 Å². The number of fused-ring (bicyclic) bond motifs is 1. The topological polar surface area (TPSA) is 85.6 Å². The van der Waals surface area contributed by atoms with Gasteiger partial charge in [-0.15, -0.1) is 0 Å². The maximum absolute atomic E-state index is 12.8. The van der Waals surface area contributed by atoms with Gasteiger partial charge in [-0.25, -0.2) is 4.98 Å². The number of sulfonamides is 1. The van der Waals surface area contributed by atoms with Crippen LogP contribution < -0.4 is 9.46 Å². The minimum absolute atomic E-state index is 0.00104. The van der Waals surface area contributed by atoms with E-state index in [1.165, 1.54) is 29.0 Å². The summed E-state index contributed by atoms with van der Waals surface area (Å²) in [7, 11) is -2.46. The highest BCUT2D eigenvalue weighted by Crippen LogP contribution is 2.31. The number of hydrogen-bond donors (Lipinski definition) is 1. The molecule has 0 unspecified atom stereocenters. The summed E-state index contributed by atoms with van der Waals surface area (Å²) < 4.78 is 34.5. The average Bonchev–Trinajstić information content (AvgIpc) is 2.92. The molecule has 0 aliphatic carbocycles. The van der Waals surface area contributed by atoms with Crippen molar-refractivity contribution in [3.63, 3.8) is 0 Å². The molecule has 2 aromatic heterocycles. The second-order valence-corrected chi connectivity index (χ2v) is 7.96. The van der Waals surface area contributed by atoms with Gasteiger partial charge in [-0.3, -0.25) is 4.72 Å². The predicted octanol–water partition coefficient (Wildman–Crippen LogP) is 2.87. The van der Waals surface area contributed by atoms with Crippen LogP contribution in [0.4, 0.5) is 5.69 Å². The summed E-state index contributed by atoms with van der Waals surface area (Å²) in [6, 6.07) is 4.69. The van der Waals surface area contributed by atoms with Gasteiger partial charge in [-0.1, -0.05) is 22.9 Å². The standard InChI is InChI=1S/C13H13ClN4O3S2/c1-7-12(18-13(15-7)22-8(2)16-18)23(19,20)17-10-6-9(14)4-5-11(10)21-3/h4-6,17H,1-3H3. The zero-order valence-electron chi connectivity index (χ0n) is 12.5. The molecule has 0 radical (unpaired) electrons. The van der Waals surface area contributed by atoms with Crippen LogP contribution in [0.2, 0.25) is 5.02 Å². The molecular formula is C13H13ClN4O3S2. The fourth-order valence-corrected chi connectivity index (χ4v) is 4.54. The molecule has 0 saturated carbocycles. The van der Waals surface area contributed by atoms with Crippen LogP contribution in [0.3, 0.4) is 0 Å². The number of ether oxygens (including phenoxy) is 1. The summed E-state index contributed by atoms with van der Waals surface area (Å²) in [5.41, 5.74) is 0.624. The van der Waals surface area contributed by atoms with Gasteiger partial charge in [0, 0.05) is 5.02 Å². The summed E-state index contributed by atoms with van der Waals surface area (Å²) in [6.45, 7) is 3.42. The van der Waals surface area contributed by atoms with Crippen molar-refractivity contribution in [2.45, 2.75) is 18.9 Å². The van der Waals surface area contributed by atoms with Crippen LogP contribution in [0.25, 0.3) is 4.96 Å². The Hall–Kier alpha value is -1.84. The second kappa shape index (κ2) is 5.66. The first kappa shape index (κ1) is 16.0. The molecule has 23 heavy (non-hydrogen) atoms. The Morgan fingerprint density at radius 1 is 1.35 bits per heavy atom. The normalized spacial score (nSPS) is 11.8. The fourth-order valence-electron chi connectivity index (χ4n) is 2.19. The molecule has 0 aliphatic heterocycles. The van der Waals surface area contributed by atoms with Crippen molar-refractivity contribution < 1.29 is 13.2 Å². The molecule has 0 fully saturated rings. The lowest BCUT2D eigenvalue weighted by molar-refractivity contribution is 0.417. The zero-order valence-corrected chi connectivity index (χ0v) is 14.9. The number of rotatable bonds is 4. The van der Waals surface area contributed by atoms with E-state index in [1.54, 1.807) is 26.0 Å². The van der Waals surface area contributed by atoms with E-state index in [0.29, 0.717) is 21.4 Å². The van der Waals surface area contributed by atoms with Crippen LogP contribution in [0.1, 0.15) is 10.7 Å². The van der Waals surface area contributed by atoms with Crippen LogP contribution in [0, 0.1) is 13.8 Å². The first-order chi connectivity index (χ1) is 10.8. The van der Waals surface area contributed by atoms with Crippen LogP contribution >= 0.6 is 22.9 Å². The molecule has 10 heteroatoms. The summed E-state index contributed by atoms with van der Waals surface area (Å²) in [6.07, 6.45) is 0. The van der Waals surface area contributed by atoms with Crippen LogP contribution in [0.5, 0.6) is 5.75 Å². The van der Waals surface area contributed by atoms with Crippen molar-refractivity contribution in [2.24, 2.45) is 0 Å². The Labute approximate surface area is 141 Å². The SMILES string of the molecule is COc1ccc(Cl)cc1NS(=O)(=O)c1c(C)nc2sc(C)nn12. The molecule has 1 N–H and O–H groups in total. The van der Waals surface area contributed by atoms with Crippen molar-refractivity contribution >= 4 is 43.6 Å². The summed E-state index contributed by atoms with van der Waals surface area (Å²) in [5.74, 6) is 0.367. The molecule has 0 amide bonds. The number of aromatic nitrogens is 3. The number of nitrogens with zero attached hydrogens (tertiary/aromatic N) is 3. The lowest BCUT2D eigenvalue weighted by atomic mass is 10.3. The van der Waals surface area contributed by atoms with E-state index in [4.69, 9.17) is 16.3 Å². The Morgan fingerprint density at radius 3 is 2.78 bits per heavy atom. The molecule has 0 aliphatic rings. The second-order valence-electron chi connectivity index (χ2n) is 4.77. The van der Waals surface area contributed by atoms with E-state index in [-0.39, 0.29) is 10.7 Å². The van der Waals surface area contributed by atoms with Crippen LogP contribution in [0.15, 0.2) is 23.2 Å². The highest BCUT2D eigenvalue weighted by molar-refractivity contribution is 7.92. The Balaban J connectivity index is 2.11. The number of halogens is 1. The minimum Gasteiger partial charge on any atom is -0.495 e. The van der Waals surface area contributed by atoms with Crippen molar-refractivity contribution in [3.8, 4) is 5.75 Å². The number of aryl methyl sites for hydroxylation is 2. The molecule has 1 aromatic carbocycles. The maximum Gasteiger partial charge on any atom is 0.281 e. The lowest BCUT2D eigenvalue weighted by Crippen LogP contribution is -2.17. The minimum atomic E-state index is -3.91. The van der Waals surface area contributed by atoms with Crippen molar-refractivity contribution in [1.29, 1.82) is 0 Å². The van der Waals surface area contributed by atoms with Gasteiger partial charge in [-0.05, 0) is 32.0 Å². The van der Waals surface area contributed by atoms with Crippen molar-refractivity contribution in [3.05, 3.63) is 33.9 Å². The number of methoxy groups -OCH3 is 1. The Morgan fingerprint density at radius 2 is 2.09 bits per heavy atom. The van der Waals surface area contributed by atoms with Crippen molar-refractivity contribution in [1.82, 2.24) is 14.6 Å². The molecule has 0 atom stereocenters. The molecule has 3 aromatic rings. The van der Waals surface area contributed by atoms with Gasteiger partial charge in [0.15, 0.2) is 0 Å². The molecule has 0 bridgehead atoms. The quantitative estimate of drug-likeness (QED) is 0.761. The fraction of sp³-hybridized carbons (Fsp3) is 0.231. The average molecular weight is 373 g/mol. The third kappa shape index (κ3) is 2.87. The molecule has 0 saturated heterocycles. The third-order valence-corrected chi connectivity index (χ3v) is 5.61. The van der Waals surface area contributed by atoms with Crippen LogP contribution in [-0.2, 0) is 10.0 Å². The number of nitrogens with one attached hydrogen (secondary N) is 1. The van der Waals surface area contributed by atoms with E-state index < -0.39 is 10.0 Å². The van der Waals surface area contributed by atoms with Gasteiger partial charge in [0.1, 0.15) is 10.8 Å². The molecule has 0 spiro atoms. The van der Waals surface area contributed by atoms with E-state index in [1.807, 2.05) is 0 Å². The maximum atomic E-state index is 12.8. The largest absolute Gasteiger partial charge is 0.495 e. The predicted molar refractivity (Wildman–Crippen MR) is 89.2 cm³/mol. The van der Waals surface area contributed by atoms with Gasteiger partial charge in [0.25, 0.3) is 10.0 Å². The van der Waals surface area contributed by atoms with E-state index in [2.05, 4.69) is 14.8 Å². The van der Waals surface area contributed by atoms with E-state index in [9.17, 15) is 8.42 Å². The number of imidazole rings is 1. The molecule has 3 rings (SSSR count). The molecule has 7 nitrogen and oxygen atoms in total. The van der Waals surface area contributed by atoms with Gasteiger partial charge >= 0.3 is 0 Å². The highest BCUT2D eigenvalue weighted by atomic mass is 35.5. The smallest absolute Gasteiger partial charge is 0.281 e. The summed E-state index contributed by atoms with van der Waals surface area (Å²) in [4.78, 5) is 4.77. The molecular weight excluding hydrogens is 360 g/mol. The van der Waals surface area contributed by atoms with Gasteiger partial charge in [0.2, 0.25) is 9.99 Å². The van der Waals surface area contributed by atoms with E-state index >= 15 is 0 Å². The van der Waals surface area contributed by atoms with Gasteiger partial charge < -0.3 is 4.74 Å². The summed E-state index contributed by atoms with van der Waals surface area (Å²) >= 11 is 7.26. The van der Waals surface area contributed by atoms with Crippen molar-refractivity contribution in [2.75, 3.05) is 11.8 Å². The Kier molecular flexibility index (Phi) is 3.95. The lowest BCUT2D eigenvalue weighted by Gasteiger charge is -2.11. The number of hydrogen-bond acceptors (Lipinski definition) is 6. The highest BCUT2D eigenvalue weighted by Gasteiger charge is 2.26. The first-order valence-corrected chi connectivity index (χ1v) is 9.18. The Bertz CT molecular complexity index is 994. The monoisotopic (exact) mass is 372 g/mol. The third-order valence-electron chi connectivity index (χ3n) is 3.09. The first-order valence-electron chi connectivity index (χ1n) is 6.51. The summed E-state index contributed by atoms with van der Waals surface area (Å²) in [5, 5.41) is 5.32. The number of benzene rings is 1. The molecule has 2 heterocycles.